The fourth-order valence-electron chi connectivity index (χ4n) is 6.18. The van der Waals surface area contributed by atoms with Crippen LogP contribution in [0.3, 0.4) is 0 Å². The van der Waals surface area contributed by atoms with E-state index in [9.17, 15) is 18.4 Å². The van der Waals surface area contributed by atoms with Gasteiger partial charge in [0, 0.05) is 49.5 Å². The largest absolute Gasteiger partial charge is 0.451 e. The smallest absolute Gasteiger partial charge is 0.443 e. The van der Waals surface area contributed by atoms with Crippen LogP contribution in [0.5, 0.6) is 11.5 Å². The quantitative estimate of drug-likeness (QED) is 0.218. The molecular formula is C32H28ClF4N7O2. The number of hydrogen-bond donors (Lipinski definition) is 1. The maximum absolute atomic E-state index is 16.0. The minimum atomic E-state index is -4.66. The van der Waals surface area contributed by atoms with Crippen molar-refractivity contribution in [2.24, 2.45) is 5.41 Å². The summed E-state index contributed by atoms with van der Waals surface area (Å²) in [6, 6.07) is 13.0. The molecule has 0 amide bonds. The number of nitrogens with one attached hydrogen (secondary N) is 1. The Morgan fingerprint density at radius 1 is 1.15 bits per heavy atom. The Balaban J connectivity index is 1.09. The number of likely N-dealkylation sites (tertiary alicyclic amines) is 1. The standard InChI is InChI=1S/C32H28ClF4N7O2/c1-30(26-6-5-20(33)14-40-26)45-25-4-2-3-22(27(25)46-30)21-7-10-44(15-23(21)34)16-24-18(12-31(17-38)8-9-31)11-19(13-39-24)28-41-29(43-42-28)32(35,36)37/h2-6,11,13-14,21,23H,7-10,12,15-16H2,1H3,(H,41,42,43)/t21?,23-,30+/m0/s1. The van der Waals surface area contributed by atoms with Crippen molar-refractivity contribution in [3.63, 3.8) is 0 Å². The molecule has 1 aliphatic carbocycles. The molecule has 1 saturated carbocycles. The molecule has 0 bridgehead atoms. The van der Waals surface area contributed by atoms with Crippen LogP contribution in [0.25, 0.3) is 11.4 Å². The summed E-state index contributed by atoms with van der Waals surface area (Å²) >= 11 is 6.00. The van der Waals surface area contributed by atoms with Crippen LogP contribution in [0, 0.1) is 16.7 Å². The number of pyridine rings is 2. The van der Waals surface area contributed by atoms with Gasteiger partial charge in [0.2, 0.25) is 5.82 Å². The number of H-pyrrole nitrogens is 1. The van der Waals surface area contributed by atoms with Gasteiger partial charge in [-0.3, -0.25) is 20.0 Å². The summed E-state index contributed by atoms with van der Waals surface area (Å²) in [6.07, 6.45) is -0.608. The van der Waals surface area contributed by atoms with Crippen LogP contribution in [0.4, 0.5) is 17.6 Å². The third-order valence-electron chi connectivity index (χ3n) is 8.89. The van der Waals surface area contributed by atoms with Gasteiger partial charge in [-0.05, 0) is 62.1 Å². The van der Waals surface area contributed by atoms with E-state index in [0.29, 0.717) is 65.0 Å². The Bertz CT molecular complexity index is 1820. The Morgan fingerprint density at radius 2 is 1.98 bits per heavy atom. The topological polar surface area (TPSA) is 113 Å². The molecule has 2 fully saturated rings. The predicted molar refractivity (Wildman–Crippen MR) is 157 cm³/mol. The number of halogens is 5. The summed E-state index contributed by atoms with van der Waals surface area (Å²) in [5.41, 5.74) is 2.39. The van der Waals surface area contributed by atoms with Gasteiger partial charge in [0.1, 0.15) is 11.9 Å². The molecule has 46 heavy (non-hydrogen) atoms. The lowest BCUT2D eigenvalue weighted by Crippen LogP contribution is -2.40. The third kappa shape index (κ3) is 5.76. The number of hydrogen-bond acceptors (Lipinski definition) is 8. The molecule has 5 heterocycles. The number of nitrogens with zero attached hydrogens (tertiary/aromatic N) is 6. The van der Waals surface area contributed by atoms with Crippen molar-refractivity contribution in [1.29, 1.82) is 5.26 Å². The lowest BCUT2D eigenvalue weighted by atomic mass is 9.87. The van der Waals surface area contributed by atoms with Crippen LogP contribution < -0.4 is 9.47 Å². The van der Waals surface area contributed by atoms with Crippen molar-refractivity contribution in [2.75, 3.05) is 13.1 Å². The first kappa shape index (κ1) is 30.4. The summed E-state index contributed by atoms with van der Waals surface area (Å²) < 4.78 is 67.8. The highest BCUT2D eigenvalue weighted by atomic mass is 35.5. The number of ether oxygens (including phenoxy) is 2. The van der Waals surface area contributed by atoms with Gasteiger partial charge >= 0.3 is 6.18 Å². The number of piperidine rings is 1. The van der Waals surface area contributed by atoms with Gasteiger partial charge in [-0.2, -0.15) is 23.5 Å². The summed E-state index contributed by atoms with van der Waals surface area (Å²) in [6.45, 7) is 2.77. The molecule has 1 N–H and O–H groups in total. The zero-order chi connectivity index (χ0) is 32.3. The molecule has 1 unspecified atom stereocenters. The van der Waals surface area contributed by atoms with E-state index in [4.69, 9.17) is 21.1 Å². The monoisotopic (exact) mass is 653 g/mol. The van der Waals surface area contributed by atoms with E-state index in [-0.39, 0.29) is 12.4 Å². The van der Waals surface area contributed by atoms with E-state index in [1.165, 1.54) is 12.4 Å². The number of aromatic amines is 1. The molecule has 238 valence electrons. The fourth-order valence-corrected chi connectivity index (χ4v) is 6.29. The van der Waals surface area contributed by atoms with E-state index in [0.717, 1.165) is 18.4 Å². The number of para-hydroxylation sites is 1. The van der Waals surface area contributed by atoms with Crippen LogP contribution in [-0.2, 0) is 24.9 Å². The molecule has 1 saturated heterocycles. The van der Waals surface area contributed by atoms with Crippen LogP contribution >= 0.6 is 11.6 Å². The van der Waals surface area contributed by atoms with Gasteiger partial charge in [-0.15, -0.1) is 0 Å². The first-order chi connectivity index (χ1) is 22.0. The zero-order valence-electron chi connectivity index (χ0n) is 24.6. The van der Waals surface area contributed by atoms with E-state index >= 15 is 4.39 Å². The number of fused-ring (bicyclic) bond motifs is 1. The highest BCUT2D eigenvalue weighted by Crippen LogP contribution is 2.50. The minimum absolute atomic E-state index is 0.132. The molecule has 3 aromatic heterocycles. The lowest BCUT2D eigenvalue weighted by Gasteiger charge is -2.35. The summed E-state index contributed by atoms with van der Waals surface area (Å²) in [4.78, 5) is 14.5. The van der Waals surface area contributed by atoms with Crippen molar-refractivity contribution < 1.29 is 27.0 Å². The number of alkyl halides is 4. The van der Waals surface area contributed by atoms with E-state index in [1.54, 1.807) is 31.2 Å². The van der Waals surface area contributed by atoms with Crippen molar-refractivity contribution in [2.45, 2.75) is 63.2 Å². The van der Waals surface area contributed by atoms with E-state index < -0.39 is 35.3 Å². The zero-order valence-corrected chi connectivity index (χ0v) is 25.4. The van der Waals surface area contributed by atoms with Crippen LogP contribution in [0.1, 0.15) is 60.4 Å². The number of rotatable bonds is 7. The predicted octanol–water partition coefficient (Wildman–Crippen LogP) is 6.75. The second-order valence-electron chi connectivity index (χ2n) is 12.2. The van der Waals surface area contributed by atoms with E-state index in [2.05, 4.69) is 26.1 Å². The fraction of sp³-hybridized carbons (Fsp3) is 0.406. The van der Waals surface area contributed by atoms with Gasteiger partial charge < -0.3 is 9.47 Å². The van der Waals surface area contributed by atoms with Crippen molar-refractivity contribution in [3.8, 4) is 29.0 Å². The van der Waals surface area contributed by atoms with Crippen molar-refractivity contribution >= 4 is 11.6 Å². The first-order valence-electron chi connectivity index (χ1n) is 14.8. The summed E-state index contributed by atoms with van der Waals surface area (Å²) in [7, 11) is 0. The Morgan fingerprint density at radius 3 is 2.65 bits per heavy atom. The second kappa shape index (κ2) is 11.2. The van der Waals surface area contributed by atoms with Crippen LogP contribution in [-0.4, -0.2) is 49.3 Å². The average molecular weight is 654 g/mol. The maximum atomic E-state index is 16.0. The molecule has 14 heteroatoms. The summed E-state index contributed by atoms with van der Waals surface area (Å²) in [5.74, 6) is -1.95. The SMILES string of the molecule is C[C@@]1(c2ccc(Cl)cn2)Oc2cccc(C3CCN(Cc4ncc(-c5n[nH]c(C(F)(F)F)n5)cc4CC4(C#N)CC4)C[C@@H]3F)c2O1. The molecule has 4 aromatic rings. The highest BCUT2D eigenvalue weighted by Gasteiger charge is 2.45. The number of benzene rings is 1. The molecule has 0 radical (unpaired) electrons. The Labute approximate surface area is 266 Å². The molecule has 1 aromatic carbocycles. The van der Waals surface area contributed by atoms with Gasteiger partial charge in [0.15, 0.2) is 17.3 Å². The van der Waals surface area contributed by atoms with Crippen LogP contribution in [0.2, 0.25) is 5.02 Å². The molecule has 0 spiro atoms. The Hall–Kier alpha value is -4.28. The lowest BCUT2D eigenvalue weighted by molar-refractivity contribution is -0.144. The number of nitriles is 1. The minimum Gasteiger partial charge on any atom is -0.443 e. The van der Waals surface area contributed by atoms with Crippen molar-refractivity contribution in [3.05, 3.63) is 82.2 Å². The molecule has 3 aliphatic rings. The van der Waals surface area contributed by atoms with Crippen LogP contribution in [0.15, 0.2) is 48.8 Å². The van der Waals surface area contributed by atoms with Gasteiger partial charge in [0.25, 0.3) is 5.79 Å². The Kier molecular flexibility index (Phi) is 7.40. The normalized spacial score (nSPS) is 23.7. The van der Waals surface area contributed by atoms with Gasteiger partial charge in [0.05, 0.1) is 22.2 Å². The average Bonchev–Trinajstić information content (AvgIpc) is 3.42. The second-order valence-corrected chi connectivity index (χ2v) is 12.7. The molecule has 3 atom stereocenters. The first-order valence-corrected chi connectivity index (χ1v) is 15.2. The van der Waals surface area contributed by atoms with E-state index in [1.807, 2.05) is 22.1 Å². The third-order valence-corrected chi connectivity index (χ3v) is 9.12. The highest BCUT2D eigenvalue weighted by molar-refractivity contribution is 6.30. The van der Waals surface area contributed by atoms with Gasteiger partial charge in [-0.1, -0.05) is 23.7 Å². The molecule has 9 nitrogen and oxygen atoms in total. The molecule has 7 rings (SSSR count). The maximum Gasteiger partial charge on any atom is 0.451 e. The van der Waals surface area contributed by atoms with Gasteiger partial charge in [-0.25, -0.2) is 9.37 Å². The van der Waals surface area contributed by atoms with Crippen molar-refractivity contribution in [1.82, 2.24) is 30.0 Å². The number of aromatic nitrogens is 5. The summed E-state index contributed by atoms with van der Waals surface area (Å²) in [5, 5.41) is 15.9. The molecule has 2 aliphatic heterocycles. The molecular weight excluding hydrogens is 626 g/mol.